The number of aliphatic carboxylic acids is 2. The normalized spacial score (nSPS) is 11.8. The number of carbonyl (C=O) groups is 2. The number of ether oxygens (including phenoxy) is 1. The summed E-state index contributed by atoms with van der Waals surface area (Å²) in [4.78, 5) is 18.2. The molecule has 7 nitrogen and oxygen atoms in total. The van der Waals surface area contributed by atoms with E-state index in [4.69, 9.17) is 34.7 Å². The first-order valence-corrected chi connectivity index (χ1v) is 7.17. The Morgan fingerprint density at radius 2 is 1.85 bits per heavy atom. The predicted octanol–water partition coefficient (Wildman–Crippen LogP) is 2.92. The Bertz CT molecular complexity index is 703. The minimum atomic E-state index is -4.39. The van der Waals surface area contributed by atoms with Crippen molar-refractivity contribution in [3.63, 3.8) is 0 Å². The number of furan rings is 1. The quantitative estimate of drug-likeness (QED) is 0.687. The highest BCUT2D eigenvalue weighted by atomic mass is 19.4. The fourth-order valence-corrected chi connectivity index (χ4v) is 1.81. The maximum Gasteiger partial charge on any atom is 0.416 e. The summed E-state index contributed by atoms with van der Waals surface area (Å²) in [6, 6.07) is 6.48. The van der Waals surface area contributed by atoms with E-state index in [9.17, 15) is 13.2 Å². The number of rotatable bonds is 5. The van der Waals surface area contributed by atoms with Crippen LogP contribution in [0, 0.1) is 0 Å². The predicted molar refractivity (Wildman–Crippen MR) is 82.5 cm³/mol. The van der Waals surface area contributed by atoms with E-state index in [0.717, 1.165) is 17.7 Å². The molecule has 0 aliphatic carbocycles. The van der Waals surface area contributed by atoms with Gasteiger partial charge in [0.2, 0.25) is 0 Å². The third kappa shape index (κ3) is 6.85. The Morgan fingerprint density at radius 1 is 1.19 bits per heavy atom. The van der Waals surface area contributed by atoms with E-state index < -0.39 is 29.8 Å². The molecule has 1 atom stereocenters. The number of benzene rings is 1. The van der Waals surface area contributed by atoms with Crippen LogP contribution in [-0.2, 0) is 15.8 Å². The maximum absolute atomic E-state index is 12.6. The maximum atomic E-state index is 12.6. The van der Waals surface area contributed by atoms with Crippen LogP contribution in [0.5, 0.6) is 5.75 Å². The van der Waals surface area contributed by atoms with E-state index in [2.05, 4.69) is 0 Å². The lowest BCUT2D eigenvalue weighted by atomic mass is 10.1. The standard InChI is InChI=1S/C14H14F3NO2.C2H2O4/c15-14(16,17)11-2-1-3-12(8-11)20-13(4-6-18)10-5-7-19-9-10;3-1(4)2(5)6/h1-3,5,7-9,13H,4,6,18H2;(H,3,4)(H,5,6). The molecule has 0 fully saturated rings. The van der Waals surface area contributed by atoms with Crippen molar-refractivity contribution in [3.05, 3.63) is 54.0 Å². The molecule has 0 aliphatic rings. The van der Waals surface area contributed by atoms with Crippen molar-refractivity contribution in [2.45, 2.75) is 18.7 Å². The molecular formula is C16H16F3NO6. The van der Waals surface area contributed by atoms with Crippen molar-refractivity contribution in [1.82, 2.24) is 0 Å². The largest absolute Gasteiger partial charge is 0.486 e. The molecule has 1 aromatic heterocycles. The van der Waals surface area contributed by atoms with Gasteiger partial charge in [-0.05, 0) is 30.8 Å². The summed E-state index contributed by atoms with van der Waals surface area (Å²) in [6.45, 7) is 0.356. The number of hydrogen-bond donors (Lipinski definition) is 3. The van der Waals surface area contributed by atoms with Crippen molar-refractivity contribution in [3.8, 4) is 5.75 Å². The number of halogens is 3. The van der Waals surface area contributed by atoms with E-state index in [0.29, 0.717) is 13.0 Å². The molecule has 2 aromatic rings. The Morgan fingerprint density at radius 3 is 2.31 bits per heavy atom. The van der Waals surface area contributed by atoms with Gasteiger partial charge in [0.15, 0.2) is 0 Å². The molecule has 4 N–H and O–H groups in total. The van der Waals surface area contributed by atoms with Gasteiger partial charge in [-0.25, -0.2) is 9.59 Å². The molecule has 0 radical (unpaired) electrons. The monoisotopic (exact) mass is 375 g/mol. The lowest BCUT2D eigenvalue weighted by Crippen LogP contribution is -2.13. The second-order valence-electron chi connectivity index (χ2n) is 4.88. The topological polar surface area (TPSA) is 123 Å². The molecule has 2 rings (SSSR count). The van der Waals surface area contributed by atoms with Gasteiger partial charge in [0, 0.05) is 12.0 Å². The van der Waals surface area contributed by atoms with Crippen molar-refractivity contribution < 1.29 is 42.1 Å². The van der Waals surface area contributed by atoms with Crippen molar-refractivity contribution in [2.24, 2.45) is 5.73 Å². The molecule has 0 amide bonds. The zero-order valence-corrected chi connectivity index (χ0v) is 13.3. The van der Waals surface area contributed by atoms with Gasteiger partial charge in [0.25, 0.3) is 0 Å². The van der Waals surface area contributed by atoms with E-state index in [1.807, 2.05) is 0 Å². The zero-order valence-electron chi connectivity index (χ0n) is 13.3. The Hall–Kier alpha value is -3.01. The summed E-state index contributed by atoms with van der Waals surface area (Å²) in [7, 11) is 0. The minimum absolute atomic E-state index is 0.152. The van der Waals surface area contributed by atoms with Gasteiger partial charge in [0.05, 0.1) is 18.1 Å². The van der Waals surface area contributed by atoms with Gasteiger partial charge in [-0.1, -0.05) is 6.07 Å². The highest BCUT2D eigenvalue weighted by molar-refractivity contribution is 6.27. The third-order valence-corrected chi connectivity index (χ3v) is 2.97. The van der Waals surface area contributed by atoms with Gasteiger partial charge >= 0.3 is 18.1 Å². The summed E-state index contributed by atoms with van der Waals surface area (Å²) < 4.78 is 48.5. The molecule has 10 heteroatoms. The number of carboxylic acids is 2. The van der Waals surface area contributed by atoms with Crippen LogP contribution in [0.15, 0.2) is 47.3 Å². The Balaban J connectivity index is 0.000000487. The van der Waals surface area contributed by atoms with Gasteiger partial charge in [-0.2, -0.15) is 13.2 Å². The van der Waals surface area contributed by atoms with Gasteiger partial charge < -0.3 is 25.1 Å². The van der Waals surface area contributed by atoms with Gasteiger partial charge in [-0.15, -0.1) is 0 Å². The fourth-order valence-electron chi connectivity index (χ4n) is 1.81. The van der Waals surface area contributed by atoms with Gasteiger partial charge in [0.1, 0.15) is 11.9 Å². The molecule has 0 saturated heterocycles. The molecule has 142 valence electrons. The van der Waals surface area contributed by atoms with E-state index in [-0.39, 0.29) is 5.75 Å². The number of nitrogens with two attached hydrogens (primary N) is 1. The van der Waals surface area contributed by atoms with Crippen molar-refractivity contribution in [1.29, 1.82) is 0 Å². The molecule has 26 heavy (non-hydrogen) atoms. The highest BCUT2D eigenvalue weighted by Gasteiger charge is 2.30. The zero-order chi connectivity index (χ0) is 19.7. The second-order valence-corrected chi connectivity index (χ2v) is 4.88. The molecule has 0 spiro atoms. The summed E-state index contributed by atoms with van der Waals surface area (Å²) >= 11 is 0. The number of alkyl halides is 3. The smallest absolute Gasteiger partial charge is 0.416 e. The first kappa shape index (κ1) is 21.0. The first-order valence-electron chi connectivity index (χ1n) is 7.17. The lowest BCUT2D eigenvalue weighted by Gasteiger charge is -2.18. The fraction of sp³-hybridized carbons (Fsp3) is 0.250. The number of hydrogen-bond acceptors (Lipinski definition) is 5. The van der Waals surface area contributed by atoms with Crippen LogP contribution in [0.25, 0.3) is 0 Å². The van der Waals surface area contributed by atoms with Crippen LogP contribution in [0.4, 0.5) is 13.2 Å². The van der Waals surface area contributed by atoms with Crippen LogP contribution in [0.1, 0.15) is 23.7 Å². The SMILES string of the molecule is NCCC(Oc1cccc(C(F)(F)F)c1)c1ccoc1.O=C(O)C(=O)O. The Labute approximate surface area is 145 Å². The van der Waals surface area contributed by atoms with Crippen LogP contribution < -0.4 is 10.5 Å². The van der Waals surface area contributed by atoms with E-state index in [1.54, 1.807) is 6.07 Å². The minimum Gasteiger partial charge on any atom is -0.486 e. The highest BCUT2D eigenvalue weighted by Crippen LogP contribution is 2.33. The summed E-state index contributed by atoms with van der Waals surface area (Å²) in [5.41, 5.74) is 5.50. The third-order valence-electron chi connectivity index (χ3n) is 2.97. The second kappa shape index (κ2) is 9.47. The summed E-state index contributed by atoms with van der Waals surface area (Å²) in [6.07, 6.45) is -1.36. The average Bonchev–Trinajstić information content (AvgIpc) is 3.09. The molecule has 0 saturated carbocycles. The van der Waals surface area contributed by atoms with Crippen molar-refractivity contribution in [2.75, 3.05) is 6.54 Å². The summed E-state index contributed by atoms with van der Waals surface area (Å²) in [5, 5.41) is 14.8. The van der Waals surface area contributed by atoms with Gasteiger partial charge in [-0.3, -0.25) is 0 Å². The van der Waals surface area contributed by atoms with E-state index in [1.165, 1.54) is 24.7 Å². The molecule has 0 bridgehead atoms. The van der Waals surface area contributed by atoms with Crippen LogP contribution in [-0.4, -0.2) is 28.7 Å². The number of carboxylic acid groups (broad SMARTS) is 2. The first-order chi connectivity index (χ1) is 12.1. The molecule has 1 aromatic carbocycles. The van der Waals surface area contributed by atoms with Crippen LogP contribution >= 0.6 is 0 Å². The summed E-state index contributed by atoms with van der Waals surface area (Å²) in [5.74, 6) is -3.50. The van der Waals surface area contributed by atoms with Crippen LogP contribution in [0.3, 0.4) is 0 Å². The average molecular weight is 375 g/mol. The molecule has 1 heterocycles. The van der Waals surface area contributed by atoms with E-state index >= 15 is 0 Å². The lowest BCUT2D eigenvalue weighted by molar-refractivity contribution is -0.159. The molecule has 1 unspecified atom stereocenters. The molecular weight excluding hydrogens is 359 g/mol. The van der Waals surface area contributed by atoms with Crippen molar-refractivity contribution >= 4 is 11.9 Å². The Kier molecular flexibility index (Phi) is 7.66. The molecule has 0 aliphatic heterocycles. The van der Waals surface area contributed by atoms with Crippen LogP contribution in [0.2, 0.25) is 0 Å².